The van der Waals surface area contributed by atoms with Crippen LogP contribution in [0.2, 0.25) is 0 Å². The van der Waals surface area contributed by atoms with Crippen LogP contribution in [-0.2, 0) is 4.79 Å². The zero-order valence-electron chi connectivity index (χ0n) is 14.6. The highest BCUT2D eigenvalue weighted by molar-refractivity contribution is 7.12. The summed E-state index contributed by atoms with van der Waals surface area (Å²) in [7, 11) is 0. The third kappa shape index (κ3) is 3.55. The summed E-state index contributed by atoms with van der Waals surface area (Å²) < 4.78 is 0. The molecular formula is C20H25NO2S. The van der Waals surface area contributed by atoms with E-state index in [4.69, 9.17) is 0 Å². The Hall–Kier alpha value is -1.65. The van der Waals surface area contributed by atoms with E-state index in [1.165, 1.54) is 26.4 Å². The molecule has 1 atom stereocenters. The minimum atomic E-state index is -0.648. The fraction of sp³-hybridized carbons (Fsp3) is 0.450. The second-order valence-corrected chi connectivity index (χ2v) is 8.18. The van der Waals surface area contributed by atoms with Crippen LogP contribution >= 0.6 is 11.3 Å². The highest BCUT2D eigenvalue weighted by Crippen LogP contribution is 2.37. The van der Waals surface area contributed by atoms with Crippen molar-refractivity contribution in [2.75, 3.05) is 13.1 Å². The molecule has 4 heteroatoms. The minimum Gasteiger partial charge on any atom is -0.481 e. The Kier molecular flexibility index (Phi) is 5.07. The first-order valence-electron chi connectivity index (χ1n) is 8.56. The van der Waals surface area contributed by atoms with Gasteiger partial charge in [-0.25, -0.2) is 0 Å². The highest BCUT2D eigenvalue weighted by Gasteiger charge is 2.31. The Labute approximate surface area is 147 Å². The van der Waals surface area contributed by atoms with Crippen molar-refractivity contribution in [2.24, 2.45) is 5.92 Å². The largest absolute Gasteiger partial charge is 0.481 e. The maximum absolute atomic E-state index is 11.3. The molecule has 1 aliphatic rings. The summed E-state index contributed by atoms with van der Waals surface area (Å²) in [6.45, 7) is 8.13. The van der Waals surface area contributed by atoms with Crippen LogP contribution in [0.15, 0.2) is 30.3 Å². The van der Waals surface area contributed by atoms with E-state index in [1.54, 1.807) is 0 Å². The van der Waals surface area contributed by atoms with Crippen LogP contribution < -0.4 is 0 Å². The van der Waals surface area contributed by atoms with Gasteiger partial charge >= 0.3 is 5.97 Å². The third-order valence-corrected chi connectivity index (χ3v) is 6.06. The lowest BCUT2D eigenvalue weighted by atomic mass is 9.91. The average Bonchev–Trinajstić information content (AvgIpc) is 2.97. The molecule has 128 valence electrons. The Morgan fingerprint density at radius 2 is 1.88 bits per heavy atom. The van der Waals surface area contributed by atoms with Gasteiger partial charge in [-0.05, 0) is 70.0 Å². The zero-order chi connectivity index (χ0) is 17.3. The molecule has 1 unspecified atom stereocenters. The standard InChI is InChI=1S/C20H25NO2S/c1-13-4-5-14(2)17(12-13)19(18-7-6-15(3)24-18)21-10-8-16(9-11-21)20(22)23/h4-7,12,16,19H,8-11H2,1-3H3,(H,22,23). The van der Waals surface area contributed by atoms with Crippen molar-refractivity contribution in [1.29, 1.82) is 0 Å². The summed E-state index contributed by atoms with van der Waals surface area (Å²) in [4.78, 5) is 16.4. The molecule has 0 amide bonds. The molecule has 0 radical (unpaired) electrons. The second kappa shape index (κ2) is 7.08. The van der Waals surface area contributed by atoms with Gasteiger partial charge in [0.2, 0.25) is 0 Å². The van der Waals surface area contributed by atoms with E-state index in [-0.39, 0.29) is 12.0 Å². The molecule has 1 aliphatic heterocycles. The van der Waals surface area contributed by atoms with Crippen molar-refractivity contribution in [2.45, 2.75) is 39.7 Å². The Morgan fingerprint density at radius 3 is 2.46 bits per heavy atom. The van der Waals surface area contributed by atoms with Gasteiger partial charge in [-0.2, -0.15) is 0 Å². The Bertz CT molecular complexity index is 729. The van der Waals surface area contributed by atoms with Crippen LogP contribution in [0.1, 0.15) is 45.3 Å². The van der Waals surface area contributed by atoms with Gasteiger partial charge in [0, 0.05) is 9.75 Å². The lowest BCUT2D eigenvalue weighted by Crippen LogP contribution is -2.39. The van der Waals surface area contributed by atoms with Crippen LogP contribution in [0.25, 0.3) is 0 Å². The summed E-state index contributed by atoms with van der Waals surface area (Å²) >= 11 is 1.85. The lowest BCUT2D eigenvalue weighted by molar-refractivity contribution is -0.143. The molecule has 3 rings (SSSR count). The quantitative estimate of drug-likeness (QED) is 0.885. The number of carboxylic acid groups (broad SMARTS) is 1. The molecule has 1 aromatic heterocycles. The van der Waals surface area contributed by atoms with Gasteiger partial charge in [0.15, 0.2) is 0 Å². The van der Waals surface area contributed by atoms with E-state index in [9.17, 15) is 9.90 Å². The number of aryl methyl sites for hydroxylation is 3. The van der Waals surface area contributed by atoms with E-state index in [0.717, 1.165) is 25.9 Å². The van der Waals surface area contributed by atoms with Crippen LogP contribution in [0.3, 0.4) is 0 Å². The molecule has 2 aromatic rings. The maximum Gasteiger partial charge on any atom is 0.306 e. The molecule has 0 bridgehead atoms. The number of hydrogen-bond acceptors (Lipinski definition) is 3. The first-order chi connectivity index (χ1) is 11.5. The second-order valence-electron chi connectivity index (χ2n) is 6.86. The van der Waals surface area contributed by atoms with Crippen molar-refractivity contribution in [1.82, 2.24) is 4.90 Å². The Morgan fingerprint density at radius 1 is 1.17 bits per heavy atom. The van der Waals surface area contributed by atoms with Gasteiger partial charge in [-0.3, -0.25) is 9.69 Å². The number of carbonyl (C=O) groups is 1. The Balaban J connectivity index is 1.95. The molecule has 1 N–H and O–H groups in total. The smallest absolute Gasteiger partial charge is 0.306 e. The number of nitrogens with zero attached hydrogens (tertiary/aromatic N) is 1. The summed E-state index contributed by atoms with van der Waals surface area (Å²) in [6, 6.07) is 11.3. The van der Waals surface area contributed by atoms with Crippen molar-refractivity contribution in [3.05, 3.63) is 56.8 Å². The molecular weight excluding hydrogens is 318 g/mol. The molecule has 3 nitrogen and oxygen atoms in total. The fourth-order valence-corrected chi connectivity index (χ4v) is 4.62. The maximum atomic E-state index is 11.3. The number of likely N-dealkylation sites (tertiary alicyclic amines) is 1. The molecule has 0 spiro atoms. The van der Waals surface area contributed by atoms with E-state index in [1.807, 2.05) is 11.3 Å². The minimum absolute atomic E-state index is 0.189. The molecule has 0 aliphatic carbocycles. The number of carboxylic acids is 1. The van der Waals surface area contributed by atoms with E-state index in [0.29, 0.717) is 0 Å². The normalized spacial score (nSPS) is 17.8. The van der Waals surface area contributed by atoms with Crippen LogP contribution in [0, 0.1) is 26.7 Å². The fourth-order valence-electron chi connectivity index (χ4n) is 3.59. The SMILES string of the molecule is Cc1ccc(C)c(C(c2ccc(C)s2)N2CCC(C(=O)O)CC2)c1. The van der Waals surface area contributed by atoms with Gasteiger partial charge in [0.05, 0.1) is 12.0 Å². The summed E-state index contributed by atoms with van der Waals surface area (Å²) in [5.74, 6) is -0.838. The van der Waals surface area contributed by atoms with E-state index < -0.39 is 5.97 Å². The third-order valence-electron chi connectivity index (χ3n) is 5.00. The van der Waals surface area contributed by atoms with Crippen molar-refractivity contribution >= 4 is 17.3 Å². The first kappa shape index (κ1) is 17.2. The van der Waals surface area contributed by atoms with Gasteiger partial charge in [-0.15, -0.1) is 11.3 Å². The van der Waals surface area contributed by atoms with Crippen LogP contribution in [-0.4, -0.2) is 29.1 Å². The van der Waals surface area contributed by atoms with Gasteiger partial charge in [0.25, 0.3) is 0 Å². The summed E-state index contributed by atoms with van der Waals surface area (Å²) in [6.07, 6.45) is 1.47. The van der Waals surface area contributed by atoms with Gasteiger partial charge in [-0.1, -0.05) is 23.8 Å². The predicted molar refractivity (Wildman–Crippen MR) is 98.7 cm³/mol. The average molecular weight is 343 g/mol. The number of piperidine rings is 1. The van der Waals surface area contributed by atoms with E-state index in [2.05, 4.69) is 56.0 Å². The van der Waals surface area contributed by atoms with Gasteiger partial charge < -0.3 is 5.11 Å². The van der Waals surface area contributed by atoms with Crippen LogP contribution in [0.5, 0.6) is 0 Å². The van der Waals surface area contributed by atoms with Crippen molar-refractivity contribution < 1.29 is 9.90 Å². The first-order valence-corrected chi connectivity index (χ1v) is 9.37. The van der Waals surface area contributed by atoms with Crippen molar-refractivity contribution in [3.63, 3.8) is 0 Å². The topological polar surface area (TPSA) is 40.5 Å². The monoisotopic (exact) mass is 343 g/mol. The number of aliphatic carboxylic acids is 1. The van der Waals surface area contributed by atoms with Crippen molar-refractivity contribution in [3.8, 4) is 0 Å². The number of benzene rings is 1. The molecule has 1 fully saturated rings. The molecule has 1 aromatic carbocycles. The molecule has 2 heterocycles. The lowest BCUT2D eigenvalue weighted by Gasteiger charge is -2.37. The number of thiophene rings is 1. The zero-order valence-corrected chi connectivity index (χ0v) is 15.4. The highest BCUT2D eigenvalue weighted by atomic mass is 32.1. The molecule has 24 heavy (non-hydrogen) atoms. The van der Waals surface area contributed by atoms with Crippen LogP contribution in [0.4, 0.5) is 0 Å². The number of hydrogen-bond donors (Lipinski definition) is 1. The van der Waals surface area contributed by atoms with E-state index >= 15 is 0 Å². The number of rotatable bonds is 4. The molecule has 1 saturated heterocycles. The summed E-state index contributed by atoms with van der Waals surface area (Å²) in [5, 5.41) is 9.26. The summed E-state index contributed by atoms with van der Waals surface area (Å²) in [5.41, 5.74) is 3.93. The molecule has 0 saturated carbocycles. The van der Waals surface area contributed by atoms with Gasteiger partial charge in [0.1, 0.15) is 0 Å². The predicted octanol–water partition coefficient (Wildman–Crippen LogP) is 4.56.